The van der Waals surface area contributed by atoms with Gasteiger partial charge in [-0.3, -0.25) is 4.79 Å². The van der Waals surface area contributed by atoms with Crippen LogP contribution < -0.4 is 10.1 Å². The molecule has 1 amide bonds. The zero-order valence-electron chi connectivity index (χ0n) is 13.9. The second-order valence-electron chi connectivity index (χ2n) is 6.17. The largest absolute Gasteiger partial charge is 0.483 e. The molecule has 0 bridgehead atoms. The number of benzene rings is 1. The summed E-state index contributed by atoms with van der Waals surface area (Å²) >= 11 is 1.56. The van der Waals surface area contributed by atoms with Gasteiger partial charge in [0.25, 0.3) is 5.91 Å². The molecule has 4 nitrogen and oxygen atoms in total. The van der Waals surface area contributed by atoms with Crippen LogP contribution in [0.1, 0.15) is 26.3 Å². The lowest BCUT2D eigenvalue weighted by Gasteiger charge is -2.22. The molecule has 0 saturated carbocycles. The molecule has 0 aliphatic heterocycles. The third kappa shape index (κ3) is 4.99. The molecule has 23 heavy (non-hydrogen) atoms. The predicted molar refractivity (Wildman–Crippen MR) is 95.3 cm³/mol. The van der Waals surface area contributed by atoms with Crippen LogP contribution in [0.4, 0.5) is 5.69 Å². The smallest absolute Gasteiger partial charge is 0.262 e. The van der Waals surface area contributed by atoms with E-state index in [4.69, 9.17) is 4.74 Å². The fourth-order valence-electron chi connectivity index (χ4n) is 2.13. The average Bonchev–Trinajstić information content (AvgIpc) is 2.53. The van der Waals surface area contributed by atoms with E-state index in [1.165, 1.54) is 0 Å². The van der Waals surface area contributed by atoms with E-state index in [0.717, 1.165) is 16.3 Å². The van der Waals surface area contributed by atoms with Crippen molar-refractivity contribution in [2.24, 2.45) is 0 Å². The van der Waals surface area contributed by atoms with E-state index in [2.05, 4.69) is 31.1 Å². The Morgan fingerprint density at radius 2 is 1.96 bits per heavy atom. The van der Waals surface area contributed by atoms with Crippen LogP contribution >= 0.6 is 11.8 Å². The van der Waals surface area contributed by atoms with Gasteiger partial charge in [-0.1, -0.05) is 39.0 Å². The summed E-state index contributed by atoms with van der Waals surface area (Å²) in [5.41, 5.74) is 1.71. The monoisotopic (exact) mass is 330 g/mol. The van der Waals surface area contributed by atoms with Crippen molar-refractivity contribution < 1.29 is 9.53 Å². The summed E-state index contributed by atoms with van der Waals surface area (Å²) in [7, 11) is 0. The first-order valence-corrected chi connectivity index (χ1v) is 8.65. The van der Waals surface area contributed by atoms with E-state index in [0.29, 0.717) is 5.69 Å². The summed E-state index contributed by atoms with van der Waals surface area (Å²) in [4.78, 5) is 16.3. The van der Waals surface area contributed by atoms with Gasteiger partial charge in [0.1, 0.15) is 5.75 Å². The van der Waals surface area contributed by atoms with Crippen molar-refractivity contribution in [1.29, 1.82) is 0 Å². The van der Waals surface area contributed by atoms with Crippen molar-refractivity contribution in [3.63, 3.8) is 0 Å². The minimum Gasteiger partial charge on any atom is -0.483 e. The van der Waals surface area contributed by atoms with Gasteiger partial charge in [-0.05, 0) is 35.4 Å². The molecule has 0 spiro atoms. The highest BCUT2D eigenvalue weighted by molar-refractivity contribution is 7.98. The Hall–Kier alpha value is -2.01. The second kappa shape index (κ2) is 7.51. The van der Waals surface area contributed by atoms with Gasteiger partial charge in [0, 0.05) is 0 Å². The lowest BCUT2D eigenvalue weighted by molar-refractivity contribution is -0.118. The number of hydrogen-bond acceptors (Lipinski definition) is 4. The number of para-hydroxylation sites is 1. The first-order valence-electron chi connectivity index (χ1n) is 7.42. The Balaban J connectivity index is 1.97. The zero-order chi connectivity index (χ0) is 16.9. The molecule has 0 saturated heterocycles. The molecule has 1 aromatic heterocycles. The van der Waals surface area contributed by atoms with Gasteiger partial charge in [0.05, 0.1) is 16.9 Å². The number of carbonyl (C=O) groups is 1. The van der Waals surface area contributed by atoms with Gasteiger partial charge in [-0.2, -0.15) is 0 Å². The lowest BCUT2D eigenvalue weighted by atomic mass is 9.86. The van der Waals surface area contributed by atoms with Crippen LogP contribution in [-0.2, 0) is 10.2 Å². The van der Waals surface area contributed by atoms with Crippen molar-refractivity contribution in [3.05, 3.63) is 48.2 Å². The predicted octanol–water partition coefficient (Wildman–Crippen LogP) is 4.12. The number of hydrogen-bond donors (Lipinski definition) is 1. The summed E-state index contributed by atoms with van der Waals surface area (Å²) in [6.07, 6.45) is 3.61. The number of ether oxygens (including phenoxy) is 1. The number of amides is 1. The number of pyridine rings is 1. The summed E-state index contributed by atoms with van der Waals surface area (Å²) in [6.45, 7) is 6.33. The molecule has 0 fully saturated rings. The molecule has 2 rings (SSSR count). The molecule has 5 heteroatoms. The van der Waals surface area contributed by atoms with E-state index < -0.39 is 0 Å². The highest BCUT2D eigenvalue weighted by Crippen LogP contribution is 2.30. The molecule has 0 atom stereocenters. The van der Waals surface area contributed by atoms with Gasteiger partial charge >= 0.3 is 0 Å². The van der Waals surface area contributed by atoms with Gasteiger partial charge < -0.3 is 10.1 Å². The fraction of sp³-hybridized carbons (Fsp3) is 0.333. The lowest BCUT2D eigenvalue weighted by Crippen LogP contribution is -2.22. The van der Waals surface area contributed by atoms with Gasteiger partial charge in [-0.15, -0.1) is 11.8 Å². The first kappa shape index (κ1) is 17.3. The van der Waals surface area contributed by atoms with E-state index in [1.807, 2.05) is 42.7 Å². The number of carbonyl (C=O) groups excluding carboxylic acids is 1. The summed E-state index contributed by atoms with van der Waals surface area (Å²) < 4.78 is 5.71. The normalized spacial score (nSPS) is 11.1. The molecule has 0 radical (unpaired) electrons. The zero-order valence-corrected chi connectivity index (χ0v) is 14.7. The minimum atomic E-state index is -0.201. The Morgan fingerprint density at radius 3 is 2.57 bits per heavy atom. The summed E-state index contributed by atoms with van der Waals surface area (Å²) in [5, 5.41) is 3.70. The fourth-order valence-corrected chi connectivity index (χ4v) is 2.49. The van der Waals surface area contributed by atoms with Crippen molar-refractivity contribution in [2.45, 2.75) is 31.2 Å². The first-order chi connectivity index (χ1) is 10.9. The van der Waals surface area contributed by atoms with Crippen molar-refractivity contribution >= 4 is 23.4 Å². The topological polar surface area (TPSA) is 51.2 Å². The third-order valence-electron chi connectivity index (χ3n) is 3.28. The number of thioether (sulfide) groups is 1. The Kier molecular flexibility index (Phi) is 5.66. The number of aromatic nitrogens is 1. The van der Waals surface area contributed by atoms with Crippen molar-refractivity contribution in [3.8, 4) is 5.75 Å². The van der Waals surface area contributed by atoms with Crippen LogP contribution in [-0.4, -0.2) is 23.8 Å². The van der Waals surface area contributed by atoms with Gasteiger partial charge in [0.2, 0.25) is 0 Å². The maximum atomic E-state index is 12.0. The average molecular weight is 330 g/mol. The molecule has 1 N–H and O–H groups in total. The van der Waals surface area contributed by atoms with Crippen LogP contribution in [0.3, 0.4) is 0 Å². The quantitative estimate of drug-likeness (QED) is 0.838. The molecule has 1 aromatic carbocycles. The molecule has 0 aliphatic rings. The van der Waals surface area contributed by atoms with E-state index in [-0.39, 0.29) is 17.9 Å². The minimum absolute atomic E-state index is 0.0304. The van der Waals surface area contributed by atoms with Crippen LogP contribution in [0.2, 0.25) is 0 Å². The maximum Gasteiger partial charge on any atom is 0.262 e. The number of rotatable bonds is 5. The van der Waals surface area contributed by atoms with Crippen LogP contribution in [0.25, 0.3) is 0 Å². The van der Waals surface area contributed by atoms with Crippen LogP contribution in [0.5, 0.6) is 5.75 Å². The number of nitrogens with zero attached hydrogens (tertiary/aromatic N) is 1. The SMILES string of the molecule is CSc1ccc(NC(=O)COc2ccccc2C(C)(C)C)cn1. The van der Waals surface area contributed by atoms with Crippen LogP contribution in [0.15, 0.2) is 47.6 Å². The van der Waals surface area contributed by atoms with Gasteiger partial charge in [-0.25, -0.2) is 4.98 Å². The van der Waals surface area contributed by atoms with E-state index in [1.54, 1.807) is 18.0 Å². The number of nitrogens with one attached hydrogen (secondary N) is 1. The number of anilines is 1. The standard InChI is InChI=1S/C18H22N2O2S/c1-18(2,3)14-7-5-6-8-15(14)22-12-16(21)20-13-9-10-17(23-4)19-11-13/h5-11H,12H2,1-4H3,(H,20,21). The van der Waals surface area contributed by atoms with Crippen molar-refractivity contribution in [1.82, 2.24) is 4.98 Å². The third-order valence-corrected chi connectivity index (χ3v) is 3.94. The second-order valence-corrected chi connectivity index (χ2v) is 7.00. The summed E-state index contributed by atoms with van der Waals surface area (Å²) in [6, 6.07) is 11.5. The van der Waals surface area contributed by atoms with E-state index >= 15 is 0 Å². The molecule has 122 valence electrons. The van der Waals surface area contributed by atoms with Gasteiger partial charge in [0.15, 0.2) is 6.61 Å². The molecule has 0 unspecified atom stereocenters. The summed E-state index contributed by atoms with van der Waals surface area (Å²) in [5.74, 6) is 0.540. The molecular weight excluding hydrogens is 308 g/mol. The molecule has 1 heterocycles. The Bertz CT molecular complexity index is 663. The van der Waals surface area contributed by atoms with Crippen molar-refractivity contribution in [2.75, 3.05) is 18.2 Å². The highest BCUT2D eigenvalue weighted by atomic mass is 32.2. The van der Waals surface area contributed by atoms with E-state index in [9.17, 15) is 4.79 Å². The molecule has 0 aliphatic carbocycles. The van der Waals surface area contributed by atoms with Crippen LogP contribution in [0, 0.1) is 0 Å². The molecular formula is C18H22N2O2S. The molecule has 2 aromatic rings. The Labute approximate surface area is 141 Å². The maximum absolute atomic E-state index is 12.0. The highest BCUT2D eigenvalue weighted by Gasteiger charge is 2.18. The Morgan fingerprint density at radius 1 is 1.22 bits per heavy atom.